The van der Waals surface area contributed by atoms with Crippen LogP contribution in [-0.4, -0.2) is 48.6 Å². The van der Waals surface area contributed by atoms with Crippen molar-refractivity contribution in [3.8, 4) is 28.6 Å². The van der Waals surface area contributed by atoms with Crippen LogP contribution < -0.4 is 25.5 Å². The Morgan fingerprint density at radius 1 is 1.17 bits per heavy atom. The number of halogens is 1. The number of aromatic amines is 1. The average molecular weight is 496 g/mol. The molecule has 10 heteroatoms. The standard InChI is InChI=1S/C25H26ClN5O4/c1-5-35-20-11-17-16(10-19(20)34-4)29-24(30-17)21-22(26)23(27)18(12-28-2)31(25(21)32)13-14-6-8-15(33-3)9-7-14/h6-12H,5,13,27H2,1-4H3,(H,29,30). The summed E-state index contributed by atoms with van der Waals surface area (Å²) >= 11 is 6.63. The number of benzene rings is 2. The highest BCUT2D eigenvalue weighted by molar-refractivity contribution is 6.36. The normalized spacial score (nSPS) is 11.3. The molecule has 3 N–H and O–H groups in total. The molecule has 4 rings (SSSR count). The molecule has 0 unspecified atom stereocenters. The molecule has 0 saturated carbocycles. The molecule has 182 valence electrons. The number of nitrogens with two attached hydrogens (primary N) is 1. The summed E-state index contributed by atoms with van der Waals surface area (Å²) in [6.45, 7) is 2.61. The topological polar surface area (TPSA) is 117 Å². The average Bonchev–Trinajstić information content (AvgIpc) is 3.27. The predicted molar refractivity (Wildman–Crippen MR) is 139 cm³/mol. The van der Waals surface area contributed by atoms with E-state index in [4.69, 9.17) is 31.5 Å². The minimum Gasteiger partial charge on any atom is -0.497 e. The van der Waals surface area contributed by atoms with Gasteiger partial charge in [-0.2, -0.15) is 0 Å². The van der Waals surface area contributed by atoms with E-state index in [1.165, 1.54) is 10.8 Å². The van der Waals surface area contributed by atoms with Gasteiger partial charge in [0.1, 0.15) is 17.1 Å². The van der Waals surface area contributed by atoms with E-state index in [1.807, 2.05) is 31.2 Å². The molecule has 0 aliphatic heterocycles. The molecular formula is C25H26ClN5O4. The lowest BCUT2D eigenvalue weighted by atomic mass is 10.1. The van der Waals surface area contributed by atoms with Crippen LogP contribution in [0.2, 0.25) is 5.02 Å². The molecule has 4 aromatic rings. The predicted octanol–water partition coefficient (Wildman–Crippen LogP) is 4.14. The van der Waals surface area contributed by atoms with E-state index in [2.05, 4.69) is 15.0 Å². The molecule has 0 amide bonds. The van der Waals surface area contributed by atoms with Crippen LogP contribution in [0, 0.1) is 0 Å². The molecule has 0 fully saturated rings. The summed E-state index contributed by atoms with van der Waals surface area (Å²) < 4.78 is 17.8. The summed E-state index contributed by atoms with van der Waals surface area (Å²) in [6.07, 6.45) is 1.52. The number of pyridine rings is 1. The zero-order valence-corrected chi connectivity index (χ0v) is 20.6. The third kappa shape index (κ3) is 4.54. The van der Waals surface area contributed by atoms with E-state index in [0.717, 1.165) is 11.3 Å². The molecule has 2 aromatic heterocycles. The van der Waals surface area contributed by atoms with Crippen LogP contribution in [0.3, 0.4) is 0 Å². The summed E-state index contributed by atoms with van der Waals surface area (Å²) in [5, 5.41) is 0.104. The van der Waals surface area contributed by atoms with Crippen molar-refractivity contribution >= 4 is 34.5 Å². The van der Waals surface area contributed by atoms with Crippen LogP contribution in [0.4, 0.5) is 5.69 Å². The van der Waals surface area contributed by atoms with Crippen molar-refractivity contribution in [3.63, 3.8) is 0 Å². The maximum Gasteiger partial charge on any atom is 0.264 e. The van der Waals surface area contributed by atoms with Crippen molar-refractivity contribution < 1.29 is 14.2 Å². The van der Waals surface area contributed by atoms with Crippen molar-refractivity contribution in [2.45, 2.75) is 13.5 Å². The number of nitrogen functional groups attached to an aromatic ring is 1. The highest BCUT2D eigenvalue weighted by atomic mass is 35.5. The van der Waals surface area contributed by atoms with E-state index in [9.17, 15) is 4.79 Å². The molecule has 2 heterocycles. The van der Waals surface area contributed by atoms with Crippen molar-refractivity contribution in [1.29, 1.82) is 0 Å². The first-order valence-electron chi connectivity index (χ1n) is 10.9. The van der Waals surface area contributed by atoms with E-state index in [-0.39, 0.29) is 28.4 Å². The van der Waals surface area contributed by atoms with Crippen molar-refractivity contribution in [2.24, 2.45) is 4.99 Å². The zero-order chi connectivity index (χ0) is 25.1. The number of nitrogens with zero attached hydrogens (tertiary/aromatic N) is 3. The quantitative estimate of drug-likeness (QED) is 0.355. The number of ether oxygens (including phenoxy) is 3. The Kier molecular flexibility index (Phi) is 6.97. The first-order valence-corrected chi connectivity index (χ1v) is 11.3. The van der Waals surface area contributed by atoms with E-state index in [0.29, 0.717) is 40.7 Å². The minimum absolute atomic E-state index is 0.104. The minimum atomic E-state index is -0.356. The number of hydrogen-bond donors (Lipinski definition) is 2. The van der Waals surface area contributed by atoms with Crippen molar-refractivity contribution in [1.82, 2.24) is 14.5 Å². The number of hydrogen-bond acceptors (Lipinski definition) is 7. The van der Waals surface area contributed by atoms with Gasteiger partial charge in [-0.1, -0.05) is 23.7 Å². The Morgan fingerprint density at radius 2 is 1.91 bits per heavy atom. The molecule has 0 aliphatic rings. The Morgan fingerprint density at radius 3 is 2.54 bits per heavy atom. The number of aromatic nitrogens is 3. The fourth-order valence-corrected chi connectivity index (χ4v) is 4.10. The number of methoxy groups -OCH3 is 2. The van der Waals surface area contributed by atoms with Crippen LogP contribution in [0.15, 0.2) is 46.2 Å². The van der Waals surface area contributed by atoms with Crippen LogP contribution in [0.25, 0.3) is 22.4 Å². The van der Waals surface area contributed by atoms with Gasteiger partial charge in [0.15, 0.2) is 11.5 Å². The first kappa shape index (κ1) is 24.2. The van der Waals surface area contributed by atoms with Gasteiger partial charge in [0, 0.05) is 25.4 Å². The van der Waals surface area contributed by atoms with Gasteiger partial charge in [0.2, 0.25) is 0 Å². The molecule has 35 heavy (non-hydrogen) atoms. The van der Waals surface area contributed by atoms with E-state index >= 15 is 0 Å². The Labute approximate surface area is 207 Å². The van der Waals surface area contributed by atoms with Gasteiger partial charge in [-0.05, 0) is 24.6 Å². The molecule has 0 atom stereocenters. The number of rotatable bonds is 8. The smallest absolute Gasteiger partial charge is 0.264 e. The monoisotopic (exact) mass is 495 g/mol. The van der Waals surface area contributed by atoms with Gasteiger partial charge in [0.05, 0.1) is 54.8 Å². The van der Waals surface area contributed by atoms with Gasteiger partial charge in [-0.3, -0.25) is 9.79 Å². The summed E-state index contributed by atoms with van der Waals surface area (Å²) in [7, 11) is 4.76. The van der Waals surface area contributed by atoms with E-state index < -0.39 is 0 Å². The highest BCUT2D eigenvalue weighted by Crippen LogP contribution is 2.35. The van der Waals surface area contributed by atoms with Crippen LogP contribution >= 0.6 is 11.6 Å². The molecule has 9 nitrogen and oxygen atoms in total. The van der Waals surface area contributed by atoms with Crippen LogP contribution in [0.5, 0.6) is 17.2 Å². The maximum atomic E-state index is 13.8. The number of anilines is 1. The fraction of sp³-hybridized carbons (Fsp3) is 0.240. The van der Waals surface area contributed by atoms with Gasteiger partial charge in [-0.15, -0.1) is 0 Å². The fourth-order valence-electron chi connectivity index (χ4n) is 3.83. The maximum absolute atomic E-state index is 13.8. The summed E-state index contributed by atoms with van der Waals surface area (Å²) in [5.41, 5.74) is 8.99. The molecule has 2 aromatic carbocycles. The van der Waals surface area contributed by atoms with Crippen molar-refractivity contribution in [3.05, 3.63) is 63.0 Å². The summed E-state index contributed by atoms with van der Waals surface area (Å²) in [6, 6.07) is 10.9. The summed E-state index contributed by atoms with van der Waals surface area (Å²) in [5.74, 6) is 2.11. The first-order chi connectivity index (χ1) is 16.9. The van der Waals surface area contributed by atoms with Gasteiger partial charge < -0.3 is 29.5 Å². The molecule has 0 saturated heterocycles. The lowest BCUT2D eigenvalue weighted by molar-refractivity contribution is 0.311. The molecule has 0 bridgehead atoms. The highest BCUT2D eigenvalue weighted by Gasteiger charge is 2.23. The molecular weight excluding hydrogens is 470 g/mol. The number of imidazole rings is 1. The van der Waals surface area contributed by atoms with Crippen LogP contribution in [-0.2, 0) is 6.54 Å². The van der Waals surface area contributed by atoms with Crippen molar-refractivity contribution in [2.75, 3.05) is 33.6 Å². The number of fused-ring (bicyclic) bond motifs is 1. The zero-order valence-electron chi connectivity index (χ0n) is 19.9. The second kappa shape index (κ2) is 10.1. The number of H-pyrrole nitrogens is 1. The third-order valence-electron chi connectivity index (χ3n) is 5.54. The molecule has 0 spiro atoms. The lowest BCUT2D eigenvalue weighted by Crippen LogP contribution is -2.28. The second-order valence-electron chi connectivity index (χ2n) is 7.65. The molecule has 0 radical (unpaired) electrons. The van der Waals surface area contributed by atoms with E-state index in [1.54, 1.807) is 33.4 Å². The Hall–Kier alpha value is -3.98. The van der Waals surface area contributed by atoms with Gasteiger partial charge in [-0.25, -0.2) is 4.98 Å². The number of nitrogens with one attached hydrogen (secondary N) is 1. The lowest BCUT2D eigenvalue weighted by Gasteiger charge is -2.16. The largest absolute Gasteiger partial charge is 0.497 e. The Bertz CT molecular complexity index is 1460. The SMILES string of the molecule is CCOc1cc2[nH]c(-c3c(Cl)c(N)c(C=NC)n(Cc4ccc(OC)cc4)c3=O)nc2cc1OC. The van der Waals surface area contributed by atoms with Crippen LogP contribution in [0.1, 0.15) is 18.2 Å². The summed E-state index contributed by atoms with van der Waals surface area (Å²) in [4.78, 5) is 25.6. The van der Waals surface area contributed by atoms with Gasteiger partial charge in [0.25, 0.3) is 5.56 Å². The number of aliphatic imine (C=N–C) groups is 1. The Balaban J connectivity index is 1.90. The van der Waals surface area contributed by atoms with Gasteiger partial charge >= 0.3 is 0 Å². The second-order valence-corrected chi connectivity index (χ2v) is 8.03. The third-order valence-corrected chi connectivity index (χ3v) is 5.93. The molecule has 0 aliphatic carbocycles.